The molecular weight excluding hydrogens is 236 g/mol. The molecule has 1 aromatic carbocycles. The van der Waals surface area contributed by atoms with Gasteiger partial charge in [-0.2, -0.15) is 0 Å². The molecule has 1 unspecified atom stereocenters. The van der Waals surface area contributed by atoms with Gasteiger partial charge in [0.25, 0.3) is 0 Å². The molecule has 1 aliphatic carbocycles. The van der Waals surface area contributed by atoms with Crippen LogP contribution in [0.3, 0.4) is 0 Å². The highest BCUT2D eigenvalue weighted by Crippen LogP contribution is 2.42. The Bertz CT molecular complexity index is 553. The summed E-state index contributed by atoms with van der Waals surface area (Å²) in [5.74, 6) is -0.374. The van der Waals surface area contributed by atoms with Crippen molar-refractivity contribution in [3.63, 3.8) is 0 Å². The van der Waals surface area contributed by atoms with Crippen LogP contribution in [-0.4, -0.2) is 11.6 Å². The summed E-state index contributed by atoms with van der Waals surface area (Å²) in [5, 5.41) is 0. The normalized spacial score (nSPS) is 22.1. The van der Waals surface area contributed by atoms with Gasteiger partial charge in [-0.15, -0.1) is 0 Å². The van der Waals surface area contributed by atoms with Gasteiger partial charge in [-0.25, -0.2) is 0 Å². The summed E-state index contributed by atoms with van der Waals surface area (Å²) >= 11 is 0. The molecule has 1 aliphatic rings. The zero-order valence-electron chi connectivity index (χ0n) is 12.5. The predicted molar refractivity (Wildman–Crippen MR) is 76.4 cm³/mol. The Morgan fingerprint density at radius 2 is 1.84 bits per heavy atom. The number of carbonyl (C=O) groups excluding carboxylic acids is 2. The molecule has 0 aliphatic heterocycles. The van der Waals surface area contributed by atoms with Gasteiger partial charge in [-0.05, 0) is 37.0 Å². The van der Waals surface area contributed by atoms with Gasteiger partial charge in [-0.1, -0.05) is 38.5 Å². The highest BCUT2D eigenvalue weighted by molar-refractivity contribution is 6.16. The number of ketones is 2. The maximum absolute atomic E-state index is 12.5. The Morgan fingerprint density at radius 3 is 2.32 bits per heavy atom. The molecule has 0 radical (unpaired) electrons. The minimum absolute atomic E-state index is 0.0802. The number of carbonyl (C=O) groups is 2. The van der Waals surface area contributed by atoms with E-state index < -0.39 is 11.3 Å². The van der Waals surface area contributed by atoms with Crippen LogP contribution < -0.4 is 0 Å². The number of benzene rings is 1. The minimum atomic E-state index is -0.537. The van der Waals surface area contributed by atoms with Gasteiger partial charge < -0.3 is 0 Å². The SMILES string of the molecule is CCc1cc(C)cc(C)c1C1C(=O)CC(C)(C)C1=O. The fourth-order valence-corrected chi connectivity index (χ4v) is 3.23. The Hall–Kier alpha value is -1.44. The van der Waals surface area contributed by atoms with E-state index in [4.69, 9.17) is 0 Å². The number of aryl methyl sites for hydroxylation is 3. The summed E-state index contributed by atoms with van der Waals surface area (Å²) < 4.78 is 0. The molecule has 2 nitrogen and oxygen atoms in total. The highest BCUT2D eigenvalue weighted by Gasteiger charge is 2.48. The van der Waals surface area contributed by atoms with Crippen LogP contribution in [0.1, 0.15) is 55.4 Å². The van der Waals surface area contributed by atoms with Crippen LogP contribution in [-0.2, 0) is 16.0 Å². The number of rotatable bonds is 2. The molecule has 1 aromatic rings. The van der Waals surface area contributed by atoms with Crippen LogP contribution >= 0.6 is 0 Å². The second-order valence-electron chi connectivity index (χ2n) is 6.33. The standard InChI is InChI=1S/C17H22O2/c1-6-12-8-10(2)7-11(3)14(12)15-13(18)9-17(4,5)16(15)19/h7-8,15H,6,9H2,1-5H3. The number of hydrogen-bond donors (Lipinski definition) is 0. The summed E-state index contributed by atoms with van der Waals surface area (Å²) in [6.45, 7) is 9.89. The molecule has 1 atom stereocenters. The van der Waals surface area contributed by atoms with Crippen LogP contribution in [0, 0.1) is 19.3 Å². The van der Waals surface area contributed by atoms with Gasteiger partial charge in [0.2, 0.25) is 0 Å². The molecule has 19 heavy (non-hydrogen) atoms. The first-order chi connectivity index (χ1) is 8.77. The van der Waals surface area contributed by atoms with Crippen molar-refractivity contribution in [2.45, 2.75) is 53.4 Å². The maximum Gasteiger partial charge on any atom is 0.153 e. The molecule has 2 heteroatoms. The fraction of sp³-hybridized carbons (Fsp3) is 0.529. The molecule has 0 saturated heterocycles. The van der Waals surface area contributed by atoms with Gasteiger partial charge in [-0.3, -0.25) is 9.59 Å². The Balaban J connectivity index is 2.60. The minimum Gasteiger partial charge on any atom is -0.298 e. The second kappa shape index (κ2) is 4.59. The third kappa shape index (κ3) is 2.24. The molecule has 0 N–H and O–H groups in total. The predicted octanol–water partition coefficient (Wildman–Crippen LogP) is 3.52. The van der Waals surface area contributed by atoms with E-state index in [1.54, 1.807) is 0 Å². The van der Waals surface area contributed by atoms with Crippen molar-refractivity contribution < 1.29 is 9.59 Å². The van der Waals surface area contributed by atoms with Crippen molar-refractivity contribution in [1.82, 2.24) is 0 Å². The van der Waals surface area contributed by atoms with E-state index in [1.807, 2.05) is 20.8 Å². The largest absolute Gasteiger partial charge is 0.298 e. The summed E-state index contributed by atoms with van der Waals surface area (Å²) in [6, 6.07) is 4.18. The monoisotopic (exact) mass is 258 g/mol. The first-order valence-corrected chi connectivity index (χ1v) is 6.95. The van der Waals surface area contributed by atoms with Gasteiger partial charge in [0.1, 0.15) is 11.7 Å². The number of Topliss-reactive ketones (excluding diaryl/α,β-unsaturated/α-hetero) is 2. The second-order valence-corrected chi connectivity index (χ2v) is 6.33. The quantitative estimate of drug-likeness (QED) is 0.761. The summed E-state index contributed by atoms with van der Waals surface area (Å²) in [5.41, 5.74) is 3.86. The molecule has 0 amide bonds. The Kier molecular flexibility index (Phi) is 3.38. The van der Waals surface area contributed by atoms with Crippen molar-refractivity contribution in [2.24, 2.45) is 5.41 Å². The smallest absolute Gasteiger partial charge is 0.153 e. The van der Waals surface area contributed by atoms with Crippen LogP contribution in [0.5, 0.6) is 0 Å². The molecular formula is C17H22O2. The van der Waals surface area contributed by atoms with E-state index in [0.717, 1.165) is 23.1 Å². The van der Waals surface area contributed by atoms with Crippen molar-refractivity contribution in [2.75, 3.05) is 0 Å². The first kappa shape index (κ1) is 14.0. The maximum atomic E-state index is 12.5. The van der Waals surface area contributed by atoms with Crippen molar-refractivity contribution in [3.05, 3.63) is 34.4 Å². The molecule has 0 aromatic heterocycles. The lowest BCUT2D eigenvalue weighted by Gasteiger charge is -2.19. The lowest BCUT2D eigenvalue weighted by molar-refractivity contribution is -0.126. The van der Waals surface area contributed by atoms with E-state index in [9.17, 15) is 9.59 Å². The third-order valence-corrected chi connectivity index (χ3v) is 4.15. The lowest BCUT2D eigenvalue weighted by atomic mass is 9.82. The zero-order valence-corrected chi connectivity index (χ0v) is 12.5. The van der Waals surface area contributed by atoms with Gasteiger partial charge in [0, 0.05) is 11.8 Å². The Labute approximate surface area is 115 Å². The summed E-state index contributed by atoms with van der Waals surface area (Å²) in [4.78, 5) is 24.8. The average molecular weight is 258 g/mol. The van der Waals surface area contributed by atoms with Crippen LogP contribution in [0.2, 0.25) is 0 Å². The first-order valence-electron chi connectivity index (χ1n) is 6.95. The zero-order chi connectivity index (χ0) is 14.4. The van der Waals surface area contributed by atoms with E-state index in [2.05, 4.69) is 26.0 Å². The Morgan fingerprint density at radius 1 is 1.21 bits per heavy atom. The number of hydrogen-bond acceptors (Lipinski definition) is 2. The molecule has 0 spiro atoms. The van der Waals surface area contributed by atoms with E-state index in [0.29, 0.717) is 6.42 Å². The molecule has 2 rings (SSSR count). The highest BCUT2D eigenvalue weighted by atomic mass is 16.2. The molecule has 0 heterocycles. The van der Waals surface area contributed by atoms with Crippen LogP contribution in [0.15, 0.2) is 12.1 Å². The third-order valence-electron chi connectivity index (χ3n) is 4.15. The molecule has 1 fully saturated rings. The van der Waals surface area contributed by atoms with E-state index in [-0.39, 0.29) is 11.6 Å². The average Bonchev–Trinajstić information content (AvgIpc) is 2.49. The van der Waals surface area contributed by atoms with Crippen LogP contribution in [0.4, 0.5) is 0 Å². The van der Waals surface area contributed by atoms with E-state index in [1.165, 1.54) is 5.56 Å². The fourth-order valence-electron chi connectivity index (χ4n) is 3.23. The van der Waals surface area contributed by atoms with Crippen molar-refractivity contribution in [1.29, 1.82) is 0 Å². The van der Waals surface area contributed by atoms with Gasteiger partial charge in [0.15, 0.2) is 5.78 Å². The van der Waals surface area contributed by atoms with Gasteiger partial charge in [0.05, 0.1) is 0 Å². The van der Waals surface area contributed by atoms with Gasteiger partial charge >= 0.3 is 0 Å². The van der Waals surface area contributed by atoms with Crippen molar-refractivity contribution >= 4 is 11.6 Å². The lowest BCUT2D eigenvalue weighted by Crippen LogP contribution is -2.22. The van der Waals surface area contributed by atoms with E-state index >= 15 is 0 Å². The molecule has 1 saturated carbocycles. The molecule has 0 bridgehead atoms. The topological polar surface area (TPSA) is 34.1 Å². The van der Waals surface area contributed by atoms with Crippen LogP contribution in [0.25, 0.3) is 0 Å². The van der Waals surface area contributed by atoms with Crippen molar-refractivity contribution in [3.8, 4) is 0 Å². The summed E-state index contributed by atoms with van der Waals surface area (Å²) in [7, 11) is 0. The summed E-state index contributed by atoms with van der Waals surface area (Å²) in [6.07, 6.45) is 1.22. The molecule has 102 valence electrons.